The smallest absolute Gasteiger partial charge is 0.348 e. The highest BCUT2D eigenvalue weighted by atomic mass is 35.5. The van der Waals surface area contributed by atoms with Crippen molar-refractivity contribution in [2.24, 2.45) is 11.8 Å². The minimum absolute atomic E-state index is 0.0664. The molecule has 0 bridgehead atoms. The maximum atomic E-state index is 13.2. The van der Waals surface area contributed by atoms with E-state index in [2.05, 4.69) is 14.9 Å². The number of carbonyl (C=O) groups excluding carboxylic acids is 2. The molecule has 4 rings (SSSR count). The van der Waals surface area contributed by atoms with Crippen molar-refractivity contribution in [3.63, 3.8) is 0 Å². The van der Waals surface area contributed by atoms with E-state index in [9.17, 15) is 22.8 Å². The lowest BCUT2D eigenvalue weighted by molar-refractivity contribution is -0.173. The molecule has 1 N–H and O–H groups in total. The second-order valence-corrected chi connectivity index (χ2v) is 10.1. The lowest BCUT2D eigenvalue weighted by Gasteiger charge is -2.30. The Morgan fingerprint density at radius 1 is 1.08 bits per heavy atom. The van der Waals surface area contributed by atoms with E-state index in [0.717, 1.165) is 11.1 Å². The fraction of sp³-hybridized carbons (Fsp3) is 0.520. The highest BCUT2D eigenvalue weighted by Gasteiger charge is 2.44. The molecule has 7 nitrogen and oxygen atoms in total. The number of halogens is 4. The van der Waals surface area contributed by atoms with Gasteiger partial charge in [0.25, 0.3) is 5.91 Å². The van der Waals surface area contributed by atoms with Crippen LogP contribution >= 0.6 is 11.6 Å². The summed E-state index contributed by atoms with van der Waals surface area (Å²) in [5, 5.41) is 2.57. The van der Waals surface area contributed by atoms with E-state index < -0.39 is 12.1 Å². The molecule has 2 aromatic rings. The summed E-state index contributed by atoms with van der Waals surface area (Å²) in [7, 11) is 0. The number of aryl methyl sites for hydroxylation is 3. The van der Waals surface area contributed by atoms with Gasteiger partial charge in [-0.05, 0) is 56.2 Å². The average molecular weight is 524 g/mol. The third-order valence-electron chi connectivity index (χ3n) is 7.22. The molecule has 3 heterocycles. The molecule has 2 amide bonds. The minimum Gasteiger partial charge on any atom is -0.348 e. The van der Waals surface area contributed by atoms with Crippen LogP contribution in [0.5, 0.6) is 0 Å². The molecule has 3 atom stereocenters. The maximum Gasteiger partial charge on any atom is 0.471 e. The standard InChI is InChI=1S/C25H29ClF3N5O2/c1-14-4-5-17(8-20(14)26)21(6-7-30-24(36)25(27,28)29)33-9-18-11-34(12-19(18)10-33)23(35)22-15(2)31-13-32-16(22)3/h4-5,8,13,18-19,21H,6-7,9-12H2,1-3H3,(H,30,36). The Labute approximate surface area is 213 Å². The minimum atomic E-state index is -4.91. The van der Waals surface area contributed by atoms with E-state index in [1.165, 1.54) is 6.33 Å². The van der Waals surface area contributed by atoms with E-state index in [1.54, 1.807) is 13.8 Å². The number of fused-ring (bicyclic) bond motifs is 1. The number of amides is 2. The molecule has 0 saturated carbocycles. The number of nitrogens with one attached hydrogen (secondary N) is 1. The first kappa shape index (κ1) is 26.3. The molecule has 1 aromatic carbocycles. The molecule has 0 spiro atoms. The molecule has 11 heteroatoms. The fourth-order valence-electron chi connectivity index (χ4n) is 5.31. The zero-order valence-electron chi connectivity index (χ0n) is 20.4. The number of benzene rings is 1. The Balaban J connectivity index is 1.46. The number of carbonyl (C=O) groups is 2. The van der Waals surface area contributed by atoms with Gasteiger partial charge in [-0.15, -0.1) is 0 Å². The van der Waals surface area contributed by atoms with E-state index in [0.29, 0.717) is 54.6 Å². The molecule has 0 radical (unpaired) electrons. The molecule has 0 aliphatic carbocycles. The molecular formula is C25H29ClF3N5O2. The van der Waals surface area contributed by atoms with Gasteiger partial charge in [0.05, 0.1) is 17.0 Å². The summed E-state index contributed by atoms with van der Waals surface area (Å²) in [5.74, 6) is -1.52. The molecule has 36 heavy (non-hydrogen) atoms. The summed E-state index contributed by atoms with van der Waals surface area (Å²) in [5.41, 5.74) is 3.66. The molecule has 194 valence electrons. The number of hydrogen-bond donors (Lipinski definition) is 1. The van der Waals surface area contributed by atoms with Crippen molar-refractivity contribution in [3.05, 3.63) is 57.6 Å². The van der Waals surface area contributed by atoms with Gasteiger partial charge in [0.1, 0.15) is 6.33 Å². The number of hydrogen-bond acceptors (Lipinski definition) is 5. The first-order chi connectivity index (χ1) is 17.0. The second-order valence-electron chi connectivity index (χ2n) is 9.67. The molecule has 3 unspecified atom stereocenters. The summed E-state index contributed by atoms with van der Waals surface area (Å²) in [6, 6.07) is 5.46. The van der Waals surface area contributed by atoms with E-state index in [4.69, 9.17) is 11.6 Å². The van der Waals surface area contributed by atoms with Crippen molar-refractivity contribution < 1.29 is 22.8 Å². The number of aromatic nitrogens is 2. The summed E-state index contributed by atoms with van der Waals surface area (Å²) < 4.78 is 37.9. The van der Waals surface area contributed by atoms with Crippen molar-refractivity contribution >= 4 is 23.4 Å². The first-order valence-electron chi connectivity index (χ1n) is 11.9. The molecular weight excluding hydrogens is 495 g/mol. The van der Waals surface area contributed by atoms with Crippen LogP contribution in [0.3, 0.4) is 0 Å². The van der Waals surface area contributed by atoms with E-state index >= 15 is 0 Å². The van der Waals surface area contributed by atoms with Crippen molar-refractivity contribution in [3.8, 4) is 0 Å². The van der Waals surface area contributed by atoms with Crippen LogP contribution in [0, 0.1) is 32.6 Å². The van der Waals surface area contributed by atoms with Crippen LogP contribution in [-0.2, 0) is 4.79 Å². The van der Waals surface area contributed by atoms with Gasteiger partial charge >= 0.3 is 12.1 Å². The maximum absolute atomic E-state index is 13.2. The Morgan fingerprint density at radius 2 is 1.69 bits per heavy atom. The van der Waals surface area contributed by atoms with Crippen molar-refractivity contribution in [1.29, 1.82) is 0 Å². The van der Waals surface area contributed by atoms with Gasteiger partial charge in [-0.3, -0.25) is 14.5 Å². The van der Waals surface area contributed by atoms with Crippen LogP contribution in [0.4, 0.5) is 13.2 Å². The Morgan fingerprint density at radius 3 is 2.25 bits per heavy atom. The normalized spacial score (nSPS) is 20.9. The largest absolute Gasteiger partial charge is 0.471 e. The van der Waals surface area contributed by atoms with E-state index in [1.807, 2.05) is 35.3 Å². The van der Waals surface area contributed by atoms with Gasteiger partial charge in [-0.25, -0.2) is 9.97 Å². The lowest BCUT2D eigenvalue weighted by atomic mass is 10.0. The van der Waals surface area contributed by atoms with Crippen molar-refractivity contribution in [2.75, 3.05) is 32.7 Å². The topological polar surface area (TPSA) is 78.4 Å². The molecule has 2 aliphatic rings. The van der Waals surface area contributed by atoms with Gasteiger partial charge in [0.2, 0.25) is 0 Å². The Kier molecular flexibility index (Phi) is 7.56. The van der Waals surface area contributed by atoms with Crippen molar-refractivity contribution in [1.82, 2.24) is 25.1 Å². The summed E-state index contributed by atoms with van der Waals surface area (Å²) >= 11 is 6.35. The summed E-state index contributed by atoms with van der Waals surface area (Å²) in [4.78, 5) is 36.9. The molecule has 2 saturated heterocycles. The zero-order valence-corrected chi connectivity index (χ0v) is 21.2. The van der Waals surface area contributed by atoms with Gasteiger partial charge < -0.3 is 10.2 Å². The number of nitrogens with zero attached hydrogens (tertiary/aromatic N) is 4. The van der Waals surface area contributed by atoms with Gasteiger partial charge in [0, 0.05) is 43.8 Å². The molecule has 1 aromatic heterocycles. The SMILES string of the molecule is Cc1ccc(C(CCNC(=O)C(F)(F)F)N2CC3CN(C(=O)c4c(C)ncnc4C)CC3C2)cc1Cl. The zero-order chi connectivity index (χ0) is 26.2. The third kappa shape index (κ3) is 5.49. The summed E-state index contributed by atoms with van der Waals surface area (Å²) in [6.07, 6.45) is -3.15. The third-order valence-corrected chi connectivity index (χ3v) is 7.63. The number of likely N-dealkylation sites (tertiary alicyclic amines) is 2. The van der Waals surface area contributed by atoms with Gasteiger partial charge in [-0.1, -0.05) is 23.7 Å². The van der Waals surface area contributed by atoms with Crippen LogP contribution in [0.1, 0.15) is 45.3 Å². The monoisotopic (exact) mass is 523 g/mol. The van der Waals surface area contributed by atoms with Gasteiger partial charge in [-0.2, -0.15) is 13.2 Å². The van der Waals surface area contributed by atoms with Crippen molar-refractivity contribution in [2.45, 2.75) is 39.4 Å². The first-order valence-corrected chi connectivity index (χ1v) is 12.3. The highest BCUT2D eigenvalue weighted by Crippen LogP contribution is 2.38. The highest BCUT2D eigenvalue weighted by molar-refractivity contribution is 6.31. The lowest BCUT2D eigenvalue weighted by Crippen LogP contribution is -2.39. The summed E-state index contributed by atoms with van der Waals surface area (Å²) in [6.45, 7) is 7.96. The van der Waals surface area contributed by atoms with Crippen LogP contribution in [0.2, 0.25) is 5.02 Å². The number of rotatable bonds is 6. The predicted octanol–water partition coefficient (Wildman–Crippen LogP) is 3.87. The van der Waals surface area contributed by atoms with E-state index in [-0.39, 0.29) is 30.3 Å². The number of alkyl halides is 3. The quantitative estimate of drug-likeness (QED) is 0.622. The van der Waals surface area contributed by atoms with Crippen LogP contribution in [-0.4, -0.2) is 70.5 Å². The van der Waals surface area contributed by atoms with Crippen LogP contribution < -0.4 is 5.32 Å². The molecule has 2 aliphatic heterocycles. The van der Waals surface area contributed by atoms with Gasteiger partial charge in [0.15, 0.2) is 0 Å². The predicted molar refractivity (Wildman–Crippen MR) is 129 cm³/mol. The molecule has 2 fully saturated rings. The Hall–Kier alpha value is -2.72. The average Bonchev–Trinajstić information content (AvgIpc) is 3.37. The van der Waals surface area contributed by atoms with Crippen LogP contribution in [0.15, 0.2) is 24.5 Å². The Bertz CT molecular complexity index is 1120. The fourth-order valence-corrected chi connectivity index (χ4v) is 5.50. The van der Waals surface area contributed by atoms with Crippen LogP contribution in [0.25, 0.3) is 0 Å². The second kappa shape index (κ2) is 10.3.